The van der Waals surface area contributed by atoms with Crippen LogP contribution in [0.25, 0.3) is 10.6 Å². The van der Waals surface area contributed by atoms with Crippen LogP contribution in [0, 0.1) is 0 Å². The minimum absolute atomic E-state index is 0.0260. The second-order valence-corrected chi connectivity index (χ2v) is 7.29. The summed E-state index contributed by atoms with van der Waals surface area (Å²) in [5, 5.41) is 7.15. The monoisotopic (exact) mass is 390 g/mol. The molecule has 0 aliphatic rings. The lowest BCUT2D eigenvalue weighted by atomic mass is 10.1. The SMILES string of the molecule is O=C(Cc1csc(-c2ccc(Cl)cc2)n1)NCCc1ccc(Cl)cc1. The van der Waals surface area contributed by atoms with Gasteiger partial charge in [0.05, 0.1) is 12.1 Å². The zero-order valence-electron chi connectivity index (χ0n) is 13.3. The van der Waals surface area contributed by atoms with E-state index in [1.807, 2.05) is 53.9 Å². The van der Waals surface area contributed by atoms with Gasteiger partial charge in [-0.3, -0.25) is 4.79 Å². The average Bonchev–Trinajstić information content (AvgIpc) is 3.06. The highest BCUT2D eigenvalue weighted by molar-refractivity contribution is 7.13. The maximum absolute atomic E-state index is 12.1. The normalized spacial score (nSPS) is 10.6. The topological polar surface area (TPSA) is 42.0 Å². The van der Waals surface area contributed by atoms with Crippen LogP contribution in [0.15, 0.2) is 53.9 Å². The van der Waals surface area contributed by atoms with E-state index in [4.69, 9.17) is 23.2 Å². The summed E-state index contributed by atoms with van der Waals surface area (Å²) in [5.74, 6) is -0.0260. The Balaban J connectivity index is 1.49. The van der Waals surface area contributed by atoms with Crippen LogP contribution < -0.4 is 5.32 Å². The number of nitrogens with one attached hydrogen (secondary N) is 1. The van der Waals surface area contributed by atoms with Gasteiger partial charge in [0.2, 0.25) is 5.91 Å². The maximum atomic E-state index is 12.1. The Kier molecular flexibility index (Phi) is 6.08. The van der Waals surface area contributed by atoms with Crippen molar-refractivity contribution >= 4 is 40.4 Å². The summed E-state index contributed by atoms with van der Waals surface area (Å²) in [6.07, 6.45) is 1.06. The van der Waals surface area contributed by atoms with Crippen molar-refractivity contribution in [1.29, 1.82) is 0 Å². The van der Waals surface area contributed by atoms with E-state index < -0.39 is 0 Å². The first-order chi connectivity index (χ1) is 12.1. The zero-order valence-corrected chi connectivity index (χ0v) is 15.7. The van der Waals surface area contributed by atoms with Crippen molar-refractivity contribution in [2.24, 2.45) is 0 Å². The molecule has 0 radical (unpaired) electrons. The molecule has 0 saturated heterocycles. The number of carbonyl (C=O) groups excluding carboxylic acids is 1. The highest BCUT2D eigenvalue weighted by Gasteiger charge is 2.09. The van der Waals surface area contributed by atoms with Crippen molar-refractivity contribution < 1.29 is 4.79 Å². The van der Waals surface area contributed by atoms with Crippen LogP contribution in [-0.4, -0.2) is 17.4 Å². The Bertz CT molecular complexity index is 845. The van der Waals surface area contributed by atoms with Crippen molar-refractivity contribution in [3.05, 3.63) is 75.2 Å². The van der Waals surface area contributed by atoms with E-state index in [0.717, 1.165) is 28.2 Å². The molecule has 25 heavy (non-hydrogen) atoms. The van der Waals surface area contributed by atoms with Gasteiger partial charge in [0.1, 0.15) is 5.01 Å². The van der Waals surface area contributed by atoms with Gasteiger partial charge in [0.25, 0.3) is 0 Å². The molecule has 1 amide bonds. The fourth-order valence-electron chi connectivity index (χ4n) is 2.34. The molecular weight excluding hydrogens is 375 g/mol. The van der Waals surface area contributed by atoms with E-state index in [1.165, 1.54) is 11.3 Å². The Hall–Kier alpha value is -1.88. The van der Waals surface area contributed by atoms with Crippen LogP contribution >= 0.6 is 34.5 Å². The van der Waals surface area contributed by atoms with Crippen LogP contribution in [0.2, 0.25) is 10.0 Å². The van der Waals surface area contributed by atoms with Gasteiger partial charge in [-0.25, -0.2) is 4.98 Å². The minimum atomic E-state index is -0.0260. The Morgan fingerprint density at radius 2 is 1.64 bits per heavy atom. The van der Waals surface area contributed by atoms with Crippen LogP contribution in [0.4, 0.5) is 0 Å². The van der Waals surface area contributed by atoms with Crippen molar-refractivity contribution in [1.82, 2.24) is 10.3 Å². The molecule has 1 N–H and O–H groups in total. The third-order valence-corrected chi connectivity index (χ3v) is 5.08. The Morgan fingerprint density at radius 1 is 1.00 bits per heavy atom. The first-order valence-corrected chi connectivity index (χ1v) is 9.45. The predicted molar refractivity (Wildman–Crippen MR) is 104 cm³/mol. The molecule has 0 spiro atoms. The van der Waals surface area contributed by atoms with Crippen molar-refractivity contribution in [2.45, 2.75) is 12.8 Å². The van der Waals surface area contributed by atoms with Crippen molar-refractivity contribution in [3.63, 3.8) is 0 Å². The molecule has 0 unspecified atom stereocenters. The van der Waals surface area contributed by atoms with Crippen LogP contribution in [0.5, 0.6) is 0 Å². The fraction of sp³-hybridized carbons (Fsp3) is 0.158. The first-order valence-electron chi connectivity index (χ1n) is 7.81. The molecule has 3 rings (SSSR count). The highest BCUT2D eigenvalue weighted by atomic mass is 35.5. The molecule has 0 aliphatic carbocycles. The first kappa shape index (κ1) is 17.9. The second kappa shape index (κ2) is 8.48. The van der Waals surface area contributed by atoms with Crippen molar-refractivity contribution in [3.8, 4) is 10.6 Å². The number of benzene rings is 2. The van der Waals surface area contributed by atoms with Gasteiger partial charge in [0.15, 0.2) is 0 Å². The lowest BCUT2D eigenvalue weighted by Gasteiger charge is -2.04. The summed E-state index contributed by atoms with van der Waals surface area (Å²) >= 11 is 13.3. The van der Waals surface area contributed by atoms with E-state index in [9.17, 15) is 4.79 Å². The van der Waals surface area contributed by atoms with Crippen LogP contribution in [-0.2, 0) is 17.6 Å². The number of thiazole rings is 1. The number of hydrogen-bond acceptors (Lipinski definition) is 3. The summed E-state index contributed by atoms with van der Waals surface area (Å²) < 4.78 is 0. The molecule has 0 fully saturated rings. The number of hydrogen-bond donors (Lipinski definition) is 1. The molecule has 1 aromatic heterocycles. The molecule has 0 bridgehead atoms. The number of rotatable bonds is 6. The molecule has 128 valence electrons. The third kappa shape index (κ3) is 5.30. The lowest BCUT2D eigenvalue weighted by Crippen LogP contribution is -2.27. The van der Waals surface area contributed by atoms with Crippen LogP contribution in [0.3, 0.4) is 0 Å². The summed E-state index contributed by atoms with van der Waals surface area (Å²) in [6.45, 7) is 0.592. The van der Waals surface area contributed by atoms with Gasteiger partial charge < -0.3 is 5.32 Å². The largest absolute Gasteiger partial charge is 0.355 e. The number of halogens is 2. The van der Waals surface area contributed by atoms with Gasteiger partial charge in [-0.05, 0) is 36.2 Å². The fourth-order valence-corrected chi connectivity index (χ4v) is 3.42. The molecule has 0 atom stereocenters. The number of amides is 1. The molecule has 3 nitrogen and oxygen atoms in total. The predicted octanol–water partition coefficient (Wildman–Crippen LogP) is 5.02. The summed E-state index contributed by atoms with van der Waals surface area (Å²) in [6, 6.07) is 15.2. The average molecular weight is 391 g/mol. The van der Waals surface area contributed by atoms with E-state index in [-0.39, 0.29) is 12.3 Å². The maximum Gasteiger partial charge on any atom is 0.226 e. The molecule has 2 aromatic carbocycles. The van der Waals surface area contributed by atoms with E-state index in [1.54, 1.807) is 0 Å². The second-order valence-electron chi connectivity index (χ2n) is 5.55. The van der Waals surface area contributed by atoms with E-state index in [0.29, 0.717) is 16.6 Å². The number of aromatic nitrogens is 1. The number of nitrogens with zero attached hydrogens (tertiary/aromatic N) is 1. The summed E-state index contributed by atoms with van der Waals surface area (Å²) in [5.41, 5.74) is 2.92. The molecule has 3 aromatic rings. The van der Waals surface area contributed by atoms with Crippen LogP contribution in [0.1, 0.15) is 11.3 Å². The smallest absolute Gasteiger partial charge is 0.226 e. The lowest BCUT2D eigenvalue weighted by molar-refractivity contribution is -0.120. The summed E-state index contributed by atoms with van der Waals surface area (Å²) in [7, 11) is 0. The highest BCUT2D eigenvalue weighted by Crippen LogP contribution is 2.25. The van der Waals surface area contributed by atoms with Gasteiger partial charge in [-0.15, -0.1) is 11.3 Å². The Labute approximate surface area is 160 Å². The van der Waals surface area contributed by atoms with Gasteiger partial charge in [-0.2, -0.15) is 0 Å². The quantitative estimate of drug-likeness (QED) is 0.641. The Morgan fingerprint density at radius 3 is 2.32 bits per heavy atom. The summed E-state index contributed by atoms with van der Waals surface area (Å²) in [4.78, 5) is 16.6. The van der Waals surface area contributed by atoms with Crippen molar-refractivity contribution in [2.75, 3.05) is 6.54 Å². The van der Waals surface area contributed by atoms with E-state index >= 15 is 0 Å². The molecule has 0 aliphatic heterocycles. The van der Waals surface area contributed by atoms with E-state index in [2.05, 4.69) is 10.3 Å². The standard InChI is InChI=1S/C19H16Cl2N2OS/c20-15-5-1-13(2-6-15)9-10-22-18(24)11-17-12-25-19(23-17)14-3-7-16(21)8-4-14/h1-8,12H,9-11H2,(H,22,24). The van der Waals surface area contributed by atoms with Gasteiger partial charge in [-0.1, -0.05) is 47.5 Å². The van der Waals surface area contributed by atoms with Gasteiger partial charge in [0, 0.05) is 27.5 Å². The molecule has 1 heterocycles. The third-order valence-electron chi connectivity index (χ3n) is 3.63. The number of carbonyl (C=O) groups is 1. The minimum Gasteiger partial charge on any atom is -0.355 e. The molecule has 0 saturated carbocycles. The van der Waals surface area contributed by atoms with Gasteiger partial charge >= 0.3 is 0 Å². The zero-order chi connectivity index (χ0) is 17.6. The molecule has 6 heteroatoms. The molecular formula is C19H16Cl2N2OS.